The first-order valence-electron chi connectivity index (χ1n) is 8.40. The number of carbonyl (C=O) groups is 1. The third-order valence-corrected chi connectivity index (χ3v) is 0. The van der Waals surface area contributed by atoms with E-state index in [0.717, 1.165) is 12.5 Å². The Labute approximate surface area is 165 Å². The summed E-state index contributed by atoms with van der Waals surface area (Å²) in [4.78, 5) is 9.44. The lowest BCUT2D eigenvalue weighted by Crippen LogP contribution is -1.93. The molecule has 0 N–H and O–H groups in total. The predicted molar refractivity (Wildman–Crippen MR) is 122 cm³/mol. The summed E-state index contributed by atoms with van der Waals surface area (Å²) in [5.41, 5.74) is 0.500. The summed E-state index contributed by atoms with van der Waals surface area (Å²) in [5, 5.41) is 0. The molecule has 0 spiro atoms. The number of ether oxygens (including phenoxy) is 1. The van der Waals surface area contributed by atoms with Crippen LogP contribution in [0.4, 0.5) is 0 Å². The molecule has 162 valence electrons. The van der Waals surface area contributed by atoms with Gasteiger partial charge in [-0.3, -0.25) is 0 Å². The Morgan fingerprint density at radius 3 is 0.920 bits per heavy atom. The first-order valence-corrected chi connectivity index (χ1v) is 12.3. The molecule has 0 saturated carbocycles. The van der Waals surface area contributed by atoms with Crippen LogP contribution in [0.15, 0.2) is 0 Å². The lowest BCUT2D eigenvalue weighted by Gasteiger charge is -2.05. The van der Waals surface area contributed by atoms with Crippen LogP contribution in [0, 0.1) is 5.41 Å². The van der Waals surface area contributed by atoms with Gasteiger partial charge in [0.1, 0.15) is 15.6 Å². The van der Waals surface area contributed by atoms with E-state index in [0.29, 0.717) is 5.41 Å². The maximum atomic E-state index is 9.63. The summed E-state index contributed by atoms with van der Waals surface area (Å²) in [6.45, 7) is 20.1. The maximum absolute atomic E-state index is 9.63. The van der Waals surface area contributed by atoms with Crippen molar-refractivity contribution in [3.8, 4) is 0 Å². The molecule has 0 aromatic heterocycles. The van der Waals surface area contributed by atoms with Crippen LogP contribution >= 0.6 is 11.8 Å². The molecule has 0 atom stereocenters. The van der Waals surface area contributed by atoms with Gasteiger partial charge >= 0.3 is 0 Å². The average Bonchev–Trinajstić information content (AvgIpc) is 2.28. The van der Waals surface area contributed by atoms with E-state index in [-0.39, 0.29) is 5.78 Å². The van der Waals surface area contributed by atoms with Crippen LogP contribution in [0.2, 0.25) is 0 Å². The van der Waals surface area contributed by atoms with Gasteiger partial charge in [-0.05, 0) is 31.8 Å². The summed E-state index contributed by atoms with van der Waals surface area (Å²) >= 11 is 1.75. The summed E-state index contributed by atoms with van der Waals surface area (Å²) in [7, 11) is 0.583. The van der Waals surface area contributed by atoms with E-state index >= 15 is 0 Å². The fourth-order valence-electron chi connectivity index (χ4n) is 0. The van der Waals surface area contributed by atoms with Gasteiger partial charge in [-0.15, -0.1) is 0 Å². The van der Waals surface area contributed by atoms with Gasteiger partial charge in [0.15, 0.2) is 0 Å². The topological polar surface area (TPSA) is 60.4 Å². The summed E-state index contributed by atoms with van der Waals surface area (Å²) < 4.78 is 23.5. The molecule has 0 aromatic rings. The van der Waals surface area contributed by atoms with Crippen molar-refractivity contribution in [2.75, 3.05) is 39.2 Å². The van der Waals surface area contributed by atoms with E-state index in [2.05, 4.69) is 46.3 Å². The van der Waals surface area contributed by atoms with E-state index < -0.39 is 9.84 Å². The van der Waals surface area contributed by atoms with E-state index in [1.807, 2.05) is 26.4 Å². The highest BCUT2D eigenvalue weighted by molar-refractivity contribution is 7.97. The third-order valence-electron chi connectivity index (χ3n) is 0. The summed E-state index contributed by atoms with van der Waals surface area (Å²) in [6, 6.07) is 0. The molecular weight excluding hydrogens is 356 g/mol. The van der Waals surface area contributed by atoms with Crippen molar-refractivity contribution < 1.29 is 17.9 Å². The molecule has 0 fully saturated rings. The molecule has 0 heterocycles. The number of carbonyl (C=O) groups excluding carboxylic acids is 1. The summed E-state index contributed by atoms with van der Waals surface area (Å²) in [5.74, 6) is 0.167. The minimum absolute atomic E-state index is 0.167. The quantitative estimate of drug-likeness (QED) is 0.494. The van der Waals surface area contributed by atoms with Crippen LogP contribution in [0.3, 0.4) is 0 Å². The Morgan fingerprint density at radius 1 is 0.920 bits per heavy atom. The minimum atomic E-state index is -2.67. The number of rotatable bonds is 0. The molecular formula is C19H50O4S2. The lowest BCUT2D eigenvalue weighted by atomic mass is 10.0. The zero-order valence-corrected chi connectivity index (χ0v) is 21.8. The smallest absolute Gasteiger partial charge is 0.144 e. The standard InChI is InChI=1S/C5H12.C3H6O.C3H8.C2H6O2S.C2H6O.C2H6S.C2H6/c1-5(2,3)4;1-3(2)4;1-3-2;1-5(2,3)4;2*1-3-2;1-2/h1-4H3;1-2H3;3H2,1-2H3;1-2H3;2*1-2H3;1-2H3. The molecule has 0 unspecified atom stereocenters. The Bertz CT molecular complexity index is 258. The Kier molecular flexibility index (Phi) is 69.5. The second-order valence-corrected chi connectivity index (χ2v) is 9.68. The average molecular weight is 407 g/mol. The number of methoxy groups -OCH3 is 1. The van der Waals surface area contributed by atoms with Crippen molar-refractivity contribution in [2.24, 2.45) is 5.41 Å². The Balaban J connectivity index is -0.0000000309. The van der Waals surface area contributed by atoms with Gasteiger partial charge in [-0.2, -0.15) is 11.8 Å². The molecule has 25 heavy (non-hydrogen) atoms. The first-order chi connectivity index (χ1) is 11.0. The molecule has 0 rings (SSSR count). The number of hydrogen-bond donors (Lipinski definition) is 0. The predicted octanol–water partition coefficient (Wildman–Crippen LogP) is 5.99. The second kappa shape index (κ2) is 39.1. The van der Waals surface area contributed by atoms with Gasteiger partial charge in [0, 0.05) is 26.7 Å². The van der Waals surface area contributed by atoms with E-state index in [1.165, 1.54) is 20.3 Å². The fourth-order valence-corrected chi connectivity index (χ4v) is 0. The molecule has 0 aliphatic heterocycles. The van der Waals surface area contributed by atoms with E-state index in [9.17, 15) is 13.2 Å². The van der Waals surface area contributed by atoms with Gasteiger partial charge in [0.25, 0.3) is 0 Å². The van der Waals surface area contributed by atoms with Crippen LogP contribution < -0.4 is 0 Å². The molecule has 0 aliphatic carbocycles. The molecule has 0 amide bonds. The summed E-state index contributed by atoms with van der Waals surface area (Å²) in [6.07, 6.45) is 7.65. The zero-order chi connectivity index (χ0) is 22.7. The third kappa shape index (κ3) is 2350000. The highest BCUT2D eigenvalue weighted by atomic mass is 32.2. The minimum Gasteiger partial charge on any atom is -0.388 e. The van der Waals surface area contributed by atoms with Gasteiger partial charge in [0.2, 0.25) is 0 Å². The monoisotopic (exact) mass is 406 g/mol. The van der Waals surface area contributed by atoms with E-state index in [1.54, 1.807) is 26.0 Å². The lowest BCUT2D eigenvalue weighted by molar-refractivity contribution is -0.114. The number of hydrogen-bond acceptors (Lipinski definition) is 5. The number of thioether (sulfide) groups is 1. The van der Waals surface area contributed by atoms with Crippen molar-refractivity contribution in [3.63, 3.8) is 0 Å². The Hall–Kier alpha value is -0.0700. The van der Waals surface area contributed by atoms with Crippen molar-refractivity contribution in [2.45, 2.75) is 75.7 Å². The van der Waals surface area contributed by atoms with E-state index in [4.69, 9.17) is 0 Å². The number of ketones is 1. The van der Waals surface area contributed by atoms with Crippen LogP contribution in [-0.4, -0.2) is 53.4 Å². The first kappa shape index (κ1) is 44.4. The Morgan fingerprint density at radius 2 is 0.920 bits per heavy atom. The van der Waals surface area contributed by atoms with Gasteiger partial charge in [-0.25, -0.2) is 8.42 Å². The SMILES string of the molecule is CC.CC(C)(C)C.CC(C)=O.CCC.COC.CS(C)(=O)=O.CSC. The van der Waals surface area contributed by atoms with Crippen molar-refractivity contribution >= 4 is 27.4 Å². The van der Waals surface area contributed by atoms with Crippen LogP contribution in [0.25, 0.3) is 0 Å². The molecule has 0 radical (unpaired) electrons. The van der Waals surface area contributed by atoms with Crippen molar-refractivity contribution in [3.05, 3.63) is 0 Å². The highest BCUT2D eigenvalue weighted by Crippen LogP contribution is 2.08. The molecule has 0 bridgehead atoms. The zero-order valence-electron chi connectivity index (χ0n) is 20.2. The van der Waals surface area contributed by atoms with Crippen LogP contribution in [-0.2, 0) is 19.4 Å². The van der Waals surface area contributed by atoms with Crippen LogP contribution in [0.1, 0.15) is 75.7 Å². The molecule has 6 heteroatoms. The molecule has 0 saturated heterocycles. The fraction of sp³-hybridized carbons (Fsp3) is 0.947. The van der Waals surface area contributed by atoms with Crippen LogP contribution in [0.5, 0.6) is 0 Å². The molecule has 0 aliphatic rings. The highest BCUT2D eigenvalue weighted by Gasteiger charge is 1.95. The van der Waals surface area contributed by atoms with Gasteiger partial charge in [0.05, 0.1) is 0 Å². The number of sulfone groups is 1. The van der Waals surface area contributed by atoms with Gasteiger partial charge < -0.3 is 9.53 Å². The number of Topliss-reactive ketones (excluding diaryl/α,β-unsaturated/α-hetero) is 1. The maximum Gasteiger partial charge on any atom is 0.144 e. The molecule has 4 nitrogen and oxygen atoms in total. The second-order valence-electron chi connectivity index (χ2n) is 6.57. The van der Waals surface area contributed by atoms with Gasteiger partial charge in [-0.1, -0.05) is 61.8 Å². The normalized spacial score (nSPS) is 8.16. The van der Waals surface area contributed by atoms with Crippen molar-refractivity contribution in [1.82, 2.24) is 0 Å². The largest absolute Gasteiger partial charge is 0.388 e. The molecule has 0 aromatic carbocycles. The van der Waals surface area contributed by atoms with Crippen molar-refractivity contribution in [1.29, 1.82) is 0 Å².